The summed E-state index contributed by atoms with van der Waals surface area (Å²) < 4.78 is 17.1. The lowest BCUT2D eigenvalue weighted by atomic mass is 9.83. The molecule has 3 N–H and O–H groups in total. The maximum absolute atomic E-state index is 14.1. The van der Waals surface area contributed by atoms with E-state index in [2.05, 4.69) is 23.5 Å². The third kappa shape index (κ3) is 7.62. The van der Waals surface area contributed by atoms with E-state index in [1.807, 2.05) is 13.8 Å². The number of methoxy groups -OCH3 is 1. The molecule has 1 aromatic heterocycles. The number of hydrogen-bond donors (Lipinski definition) is 3. The van der Waals surface area contributed by atoms with Gasteiger partial charge in [0.25, 0.3) is 5.56 Å². The highest BCUT2D eigenvalue weighted by Gasteiger charge is 2.45. The average Bonchev–Trinajstić information content (AvgIpc) is 3.42. The van der Waals surface area contributed by atoms with Crippen molar-refractivity contribution in [2.24, 2.45) is 11.3 Å². The number of carbonyl (C=O) groups excluding carboxylic acids is 2. The predicted molar refractivity (Wildman–Crippen MR) is 167 cm³/mol. The van der Waals surface area contributed by atoms with Gasteiger partial charge in [-0.15, -0.1) is 6.58 Å². The number of likely N-dealkylation sites (tertiary alicyclic amines) is 1. The van der Waals surface area contributed by atoms with Crippen LogP contribution in [0.4, 0.5) is 4.79 Å². The summed E-state index contributed by atoms with van der Waals surface area (Å²) in [5, 5.41) is 13.5. The molecule has 1 saturated carbocycles. The number of rotatable bonds is 12. The third-order valence-electron chi connectivity index (χ3n) is 8.45. The summed E-state index contributed by atoms with van der Waals surface area (Å²) in [6, 6.07) is 2.64. The molecular weight excluding hydrogens is 566 g/mol. The van der Waals surface area contributed by atoms with Gasteiger partial charge in [-0.1, -0.05) is 51.8 Å². The van der Waals surface area contributed by atoms with Crippen molar-refractivity contribution in [3.63, 3.8) is 0 Å². The van der Waals surface area contributed by atoms with Gasteiger partial charge in [-0.05, 0) is 31.2 Å². The lowest BCUT2D eigenvalue weighted by Gasteiger charge is -2.34. The quantitative estimate of drug-likeness (QED) is 0.288. The van der Waals surface area contributed by atoms with E-state index >= 15 is 0 Å². The molecule has 0 radical (unpaired) electrons. The maximum Gasteiger partial charge on any atom is 0.407 e. The van der Waals surface area contributed by atoms with Crippen molar-refractivity contribution >= 4 is 34.9 Å². The normalized spacial score (nSPS) is 19.7. The van der Waals surface area contributed by atoms with Crippen LogP contribution in [-0.2, 0) is 14.3 Å². The summed E-state index contributed by atoms with van der Waals surface area (Å²) in [6.45, 7) is 11.6. The lowest BCUT2D eigenvalue weighted by Crippen LogP contribution is -2.55. The fourth-order valence-electron chi connectivity index (χ4n) is 6.15. The Morgan fingerprint density at radius 1 is 1.16 bits per heavy atom. The van der Waals surface area contributed by atoms with E-state index in [4.69, 9.17) is 14.2 Å². The summed E-state index contributed by atoms with van der Waals surface area (Å²) >= 11 is 0. The molecule has 1 aromatic carbocycles. The number of hydrogen-bond acceptors (Lipinski definition) is 7. The second kappa shape index (κ2) is 14.0. The fraction of sp³-hybridized carbons (Fsp3) is 0.515. The van der Waals surface area contributed by atoms with E-state index in [1.54, 1.807) is 24.3 Å². The van der Waals surface area contributed by atoms with Crippen LogP contribution in [0.5, 0.6) is 11.5 Å². The summed E-state index contributed by atoms with van der Waals surface area (Å²) in [5.74, 6) is -1.02. The van der Waals surface area contributed by atoms with Crippen molar-refractivity contribution < 1.29 is 33.7 Å². The van der Waals surface area contributed by atoms with Crippen LogP contribution in [0.25, 0.3) is 17.0 Å². The molecule has 11 nitrogen and oxygen atoms in total. The molecule has 0 unspecified atom stereocenters. The molecule has 2 heterocycles. The second-order valence-electron chi connectivity index (χ2n) is 12.4. The minimum Gasteiger partial charge on any atom is -0.496 e. The smallest absolute Gasteiger partial charge is 0.407 e. The number of H-pyrrole nitrogens is 1. The fourth-order valence-corrected chi connectivity index (χ4v) is 6.15. The monoisotopic (exact) mass is 609 g/mol. The Kier molecular flexibility index (Phi) is 10.4. The molecule has 0 spiro atoms. The number of aromatic amines is 1. The Bertz CT molecular complexity index is 1460. The first-order valence-corrected chi connectivity index (χ1v) is 15.1. The van der Waals surface area contributed by atoms with Crippen molar-refractivity contribution in [2.75, 3.05) is 20.3 Å². The highest BCUT2D eigenvalue weighted by atomic mass is 16.5. The van der Waals surface area contributed by atoms with Crippen molar-refractivity contribution in [3.05, 3.63) is 53.4 Å². The predicted octanol–water partition coefficient (Wildman–Crippen LogP) is 4.89. The number of nitrogens with zero attached hydrogens (tertiary/aromatic N) is 1. The summed E-state index contributed by atoms with van der Waals surface area (Å²) in [4.78, 5) is 55.9. The number of carboxylic acid groups (broad SMARTS) is 1. The van der Waals surface area contributed by atoms with Crippen LogP contribution in [0, 0.1) is 11.3 Å². The number of fused-ring (bicyclic) bond motifs is 1. The zero-order valence-electron chi connectivity index (χ0n) is 25.7. The molecule has 1 saturated heterocycles. The number of benzene rings is 1. The van der Waals surface area contributed by atoms with E-state index in [-0.39, 0.29) is 36.7 Å². The molecule has 2 aliphatic rings. The number of carbonyl (C=O) groups is 3. The zero-order chi connectivity index (χ0) is 32.0. The minimum atomic E-state index is -1.17. The van der Waals surface area contributed by atoms with E-state index in [0.717, 1.165) is 32.1 Å². The summed E-state index contributed by atoms with van der Waals surface area (Å²) in [5.41, 5.74) is 0.438. The number of nitrogens with one attached hydrogen (secondary N) is 2. The highest BCUT2D eigenvalue weighted by Crippen LogP contribution is 2.34. The summed E-state index contributed by atoms with van der Waals surface area (Å²) in [6.07, 6.45) is 6.95. The number of pyridine rings is 1. The standard InChI is InChI=1S/C33H43N3O8/c1-6-13-33(3,4)19-43-32(41)35-29(21-11-9-8-10-12-21)30(38)36-18-22(15-25(36)31(39)40)44-27-17-28(37)34-24-16-26(42-5)20(7-2)14-23(24)27/h6-7,14,16-17,21-22,25,29H,1-2,8-13,15,18-19H2,3-5H3,(H,34,37)(H,35,41)(H,39,40)/t22-,25+,29+/m1/s1. The van der Waals surface area contributed by atoms with Crippen molar-refractivity contribution in [2.45, 2.75) is 77.0 Å². The number of amides is 2. The van der Waals surface area contributed by atoms with Crippen LogP contribution >= 0.6 is 0 Å². The number of ether oxygens (including phenoxy) is 3. The van der Waals surface area contributed by atoms with Crippen molar-refractivity contribution in [3.8, 4) is 11.5 Å². The molecule has 238 valence electrons. The molecule has 3 atom stereocenters. The van der Waals surface area contributed by atoms with Gasteiger partial charge in [-0.25, -0.2) is 9.59 Å². The molecule has 4 rings (SSSR count). The Morgan fingerprint density at radius 2 is 1.89 bits per heavy atom. The van der Waals surface area contributed by atoms with Gasteiger partial charge in [0, 0.05) is 34.9 Å². The van der Waals surface area contributed by atoms with Crippen LogP contribution in [0.3, 0.4) is 0 Å². The van der Waals surface area contributed by atoms with Crippen LogP contribution in [0.1, 0.15) is 64.4 Å². The van der Waals surface area contributed by atoms with Crippen LogP contribution in [0.2, 0.25) is 0 Å². The first-order chi connectivity index (χ1) is 21.0. The Labute approximate surface area is 257 Å². The van der Waals surface area contributed by atoms with Gasteiger partial charge in [0.2, 0.25) is 5.91 Å². The number of aliphatic carboxylic acids is 1. The Balaban J connectivity index is 1.57. The number of aromatic nitrogens is 1. The highest BCUT2D eigenvalue weighted by molar-refractivity contribution is 5.91. The number of alkyl carbamates (subject to hydrolysis) is 1. The summed E-state index contributed by atoms with van der Waals surface area (Å²) in [7, 11) is 1.52. The molecule has 1 aliphatic heterocycles. The topological polar surface area (TPSA) is 147 Å². The molecule has 2 fully saturated rings. The second-order valence-corrected chi connectivity index (χ2v) is 12.4. The van der Waals surface area contributed by atoms with Gasteiger partial charge in [0.1, 0.15) is 29.7 Å². The van der Waals surface area contributed by atoms with Crippen LogP contribution < -0.4 is 20.3 Å². The first-order valence-electron chi connectivity index (χ1n) is 15.1. The van der Waals surface area contributed by atoms with Crippen LogP contribution in [0.15, 0.2) is 42.2 Å². The van der Waals surface area contributed by atoms with Crippen LogP contribution in [-0.4, -0.2) is 71.4 Å². The number of allylic oxidation sites excluding steroid dienone is 1. The molecule has 11 heteroatoms. The van der Waals surface area contributed by atoms with E-state index < -0.39 is 41.7 Å². The van der Waals surface area contributed by atoms with E-state index in [9.17, 15) is 24.3 Å². The Hall–Kier alpha value is -4.28. The van der Waals surface area contributed by atoms with E-state index in [1.165, 1.54) is 18.1 Å². The maximum atomic E-state index is 14.1. The zero-order valence-corrected chi connectivity index (χ0v) is 25.7. The van der Waals surface area contributed by atoms with Gasteiger partial charge >= 0.3 is 12.1 Å². The third-order valence-corrected chi connectivity index (χ3v) is 8.45. The molecule has 2 amide bonds. The Morgan fingerprint density at radius 3 is 2.52 bits per heavy atom. The number of carboxylic acids is 1. The SMILES string of the molecule is C=CCC(C)(C)COC(=O)N[C@H](C(=O)N1C[C@H](Oc2cc(=O)[nH]c3cc(OC)c(C=C)cc23)C[C@H]1C(=O)O)C1CCCCC1. The van der Waals surface area contributed by atoms with Crippen molar-refractivity contribution in [1.29, 1.82) is 0 Å². The van der Waals surface area contributed by atoms with E-state index in [0.29, 0.717) is 28.6 Å². The minimum absolute atomic E-state index is 0.0113. The molecule has 44 heavy (non-hydrogen) atoms. The molecule has 0 bridgehead atoms. The molecular formula is C33H43N3O8. The van der Waals surface area contributed by atoms with Gasteiger partial charge < -0.3 is 34.5 Å². The first kappa shape index (κ1) is 32.6. The molecule has 1 aliphatic carbocycles. The largest absolute Gasteiger partial charge is 0.496 e. The van der Waals surface area contributed by atoms with Gasteiger partial charge in [0.05, 0.1) is 25.8 Å². The van der Waals surface area contributed by atoms with Gasteiger partial charge in [-0.2, -0.15) is 0 Å². The van der Waals surface area contributed by atoms with Gasteiger partial charge in [0.15, 0.2) is 0 Å². The lowest BCUT2D eigenvalue weighted by molar-refractivity contribution is -0.149. The van der Waals surface area contributed by atoms with Gasteiger partial charge in [-0.3, -0.25) is 9.59 Å². The molecule has 2 aromatic rings. The van der Waals surface area contributed by atoms with Crippen molar-refractivity contribution in [1.82, 2.24) is 15.2 Å². The average molecular weight is 610 g/mol.